The van der Waals surface area contributed by atoms with Crippen molar-refractivity contribution in [3.8, 4) is 0 Å². The highest BCUT2D eigenvalue weighted by Crippen LogP contribution is 2.25. The second kappa shape index (κ2) is 10.2. The first-order valence-corrected chi connectivity index (χ1v) is 12.2. The molecule has 3 N–H and O–H groups in total. The quantitative estimate of drug-likeness (QED) is 0.409. The van der Waals surface area contributed by atoms with Gasteiger partial charge in [-0.15, -0.1) is 0 Å². The molecule has 1 saturated carbocycles. The third-order valence-electron chi connectivity index (χ3n) is 7.08. The average molecular weight is 499 g/mol. The molecule has 12 heteroatoms. The number of anilines is 3. The molecule has 3 aromatic heterocycles. The lowest BCUT2D eigenvalue weighted by molar-refractivity contribution is 0.00732. The zero-order chi connectivity index (χ0) is 25.2. The van der Waals surface area contributed by atoms with Crippen LogP contribution in [0.3, 0.4) is 0 Å². The molecule has 0 aromatic carbocycles. The van der Waals surface area contributed by atoms with Gasteiger partial charge in [0.15, 0.2) is 5.65 Å². The summed E-state index contributed by atoms with van der Waals surface area (Å²) in [4.78, 5) is 32.9. The minimum atomic E-state index is -0.395. The summed E-state index contributed by atoms with van der Waals surface area (Å²) in [6.45, 7) is 1.39. The number of rotatable bonds is 9. The maximum atomic E-state index is 13.3. The minimum Gasteiger partial charge on any atom is -0.379 e. The first-order valence-electron chi connectivity index (χ1n) is 12.2. The molecule has 36 heavy (non-hydrogen) atoms. The number of aromatic nitrogens is 4. The molecule has 1 aliphatic heterocycles. The first-order chi connectivity index (χ1) is 17.5. The Morgan fingerprint density at radius 1 is 1.31 bits per heavy atom. The molecule has 1 aliphatic carbocycles. The van der Waals surface area contributed by atoms with E-state index < -0.39 is 6.67 Å². The van der Waals surface area contributed by atoms with Crippen molar-refractivity contribution in [1.29, 1.82) is 0 Å². The number of methoxy groups -OCH3 is 1. The van der Waals surface area contributed by atoms with Crippen molar-refractivity contribution in [1.82, 2.24) is 29.4 Å². The summed E-state index contributed by atoms with van der Waals surface area (Å²) in [6, 6.07) is 5.18. The van der Waals surface area contributed by atoms with E-state index in [9.17, 15) is 14.0 Å². The Hall–Kier alpha value is -3.51. The van der Waals surface area contributed by atoms with E-state index in [-0.39, 0.29) is 29.7 Å². The monoisotopic (exact) mass is 498 g/mol. The largest absolute Gasteiger partial charge is 0.379 e. The molecule has 11 nitrogen and oxygen atoms in total. The number of ether oxygens (including phenoxy) is 1. The SMILES string of the molecule is CNc1cc(Nc2cccn([C@@H]3CCN(CCF)C3)c2=O)nc2c(C(=O)N[C@H]3CC[C@@H]3OC)cnn12. The Morgan fingerprint density at radius 2 is 2.17 bits per heavy atom. The van der Waals surface area contributed by atoms with E-state index in [0.29, 0.717) is 41.6 Å². The van der Waals surface area contributed by atoms with Crippen molar-refractivity contribution in [2.45, 2.75) is 37.5 Å². The van der Waals surface area contributed by atoms with Gasteiger partial charge in [0, 0.05) is 46.1 Å². The van der Waals surface area contributed by atoms with E-state index in [1.165, 1.54) is 6.20 Å². The van der Waals surface area contributed by atoms with Gasteiger partial charge in [-0.1, -0.05) is 0 Å². The van der Waals surface area contributed by atoms with Gasteiger partial charge in [0.25, 0.3) is 11.5 Å². The van der Waals surface area contributed by atoms with Crippen molar-refractivity contribution in [3.63, 3.8) is 0 Å². The summed E-state index contributed by atoms with van der Waals surface area (Å²) < 4.78 is 21.4. The molecular formula is C24H31FN8O3. The molecule has 192 valence electrons. The van der Waals surface area contributed by atoms with Crippen LogP contribution in [0.1, 0.15) is 35.7 Å². The van der Waals surface area contributed by atoms with Gasteiger partial charge in [0.1, 0.15) is 29.6 Å². The molecule has 3 aromatic rings. The van der Waals surface area contributed by atoms with Crippen LogP contribution in [0.25, 0.3) is 5.65 Å². The number of hydrogen-bond acceptors (Lipinski definition) is 8. The van der Waals surface area contributed by atoms with E-state index >= 15 is 0 Å². The van der Waals surface area contributed by atoms with Gasteiger partial charge >= 0.3 is 0 Å². The van der Waals surface area contributed by atoms with Crippen LogP contribution < -0.4 is 21.5 Å². The van der Waals surface area contributed by atoms with Crippen molar-refractivity contribution in [2.75, 3.05) is 51.1 Å². The number of carbonyl (C=O) groups is 1. The maximum Gasteiger partial charge on any atom is 0.274 e. The zero-order valence-electron chi connectivity index (χ0n) is 20.4. The number of carbonyl (C=O) groups excluding carboxylic acids is 1. The zero-order valence-corrected chi connectivity index (χ0v) is 20.4. The van der Waals surface area contributed by atoms with Crippen molar-refractivity contribution in [3.05, 3.63) is 46.5 Å². The van der Waals surface area contributed by atoms with Gasteiger partial charge in [0.2, 0.25) is 0 Å². The predicted molar refractivity (Wildman–Crippen MR) is 134 cm³/mol. The summed E-state index contributed by atoms with van der Waals surface area (Å²) in [7, 11) is 3.39. The fourth-order valence-electron chi connectivity index (χ4n) is 4.92. The average Bonchev–Trinajstić information content (AvgIpc) is 3.50. The van der Waals surface area contributed by atoms with Gasteiger partial charge < -0.3 is 25.3 Å². The molecule has 2 aliphatic rings. The second-order valence-corrected chi connectivity index (χ2v) is 9.19. The molecular weight excluding hydrogens is 467 g/mol. The highest BCUT2D eigenvalue weighted by molar-refractivity contribution is 6.00. The highest BCUT2D eigenvalue weighted by atomic mass is 19.1. The van der Waals surface area contributed by atoms with Crippen LogP contribution in [0.4, 0.5) is 21.7 Å². The van der Waals surface area contributed by atoms with E-state index in [1.807, 2.05) is 11.0 Å². The van der Waals surface area contributed by atoms with Crippen LogP contribution in [0, 0.1) is 0 Å². The molecule has 1 saturated heterocycles. The third-order valence-corrected chi connectivity index (χ3v) is 7.08. The van der Waals surface area contributed by atoms with Crippen LogP contribution in [0.5, 0.6) is 0 Å². The van der Waals surface area contributed by atoms with Crippen molar-refractivity contribution < 1.29 is 13.9 Å². The number of hydrogen-bond donors (Lipinski definition) is 3. The Balaban J connectivity index is 1.41. The summed E-state index contributed by atoms with van der Waals surface area (Å²) in [5.74, 6) is 0.735. The summed E-state index contributed by atoms with van der Waals surface area (Å²) in [5.41, 5.74) is 0.882. The third kappa shape index (κ3) is 4.53. The van der Waals surface area contributed by atoms with Gasteiger partial charge in [-0.3, -0.25) is 14.5 Å². The van der Waals surface area contributed by atoms with Gasteiger partial charge in [-0.05, 0) is 31.4 Å². The fraction of sp³-hybridized carbons (Fsp3) is 0.500. The summed E-state index contributed by atoms with van der Waals surface area (Å²) in [6.07, 6.45) is 5.82. The Labute approximate surface area is 207 Å². The number of alkyl halides is 1. The van der Waals surface area contributed by atoms with Crippen LogP contribution in [-0.4, -0.2) is 82.6 Å². The predicted octanol–water partition coefficient (Wildman–Crippen LogP) is 1.80. The molecule has 0 radical (unpaired) electrons. The molecule has 5 rings (SSSR count). The van der Waals surface area contributed by atoms with Gasteiger partial charge in [-0.25, -0.2) is 9.37 Å². The number of pyridine rings is 1. The number of amides is 1. The minimum absolute atomic E-state index is 0.0121. The Bertz CT molecular complexity index is 1310. The number of halogens is 1. The van der Waals surface area contributed by atoms with Crippen LogP contribution >= 0.6 is 0 Å². The summed E-state index contributed by atoms with van der Waals surface area (Å²) in [5, 5.41) is 13.5. The molecule has 4 heterocycles. The van der Waals surface area contributed by atoms with E-state index in [0.717, 1.165) is 25.8 Å². The van der Waals surface area contributed by atoms with Crippen LogP contribution in [0.2, 0.25) is 0 Å². The topological polar surface area (TPSA) is 118 Å². The molecule has 0 spiro atoms. The Kier molecular flexibility index (Phi) is 6.88. The number of nitrogens with zero attached hydrogens (tertiary/aromatic N) is 5. The Morgan fingerprint density at radius 3 is 2.89 bits per heavy atom. The van der Waals surface area contributed by atoms with E-state index in [4.69, 9.17) is 4.74 Å². The number of likely N-dealkylation sites (tertiary alicyclic amines) is 1. The van der Waals surface area contributed by atoms with Crippen molar-refractivity contribution >= 4 is 28.9 Å². The van der Waals surface area contributed by atoms with Crippen molar-refractivity contribution in [2.24, 2.45) is 0 Å². The number of fused-ring (bicyclic) bond motifs is 1. The molecule has 1 amide bonds. The van der Waals surface area contributed by atoms with E-state index in [2.05, 4.69) is 26.0 Å². The van der Waals surface area contributed by atoms with Gasteiger partial charge in [0.05, 0.1) is 24.4 Å². The molecule has 2 fully saturated rings. The first kappa shape index (κ1) is 24.2. The lowest BCUT2D eigenvalue weighted by Crippen LogP contribution is -2.51. The maximum absolute atomic E-state index is 13.3. The lowest BCUT2D eigenvalue weighted by Gasteiger charge is -2.35. The van der Waals surface area contributed by atoms with E-state index in [1.54, 1.807) is 41.6 Å². The summed E-state index contributed by atoms with van der Waals surface area (Å²) >= 11 is 0. The fourth-order valence-corrected chi connectivity index (χ4v) is 4.92. The molecule has 0 unspecified atom stereocenters. The normalized spacial score (nSPS) is 21.9. The van der Waals surface area contributed by atoms with Crippen LogP contribution in [0.15, 0.2) is 35.4 Å². The lowest BCUT2D eigenvalue weighted by atomic mass is 9.89. The molecule has 3 atom stereocenters. The number of nitrogens with one attached hydrogen (secondary N) is 3. The van der Waals surface area contributed by atoms with Gasteiger partial charge in [-0.2, -0.15) is 9.61 Å². The standard InChI is InChI=1S/C24H31FN8O3/c1-26-21-12-20(28-18-4-3-9-32(24(18)35)15-7-10-31(14-15)11-8-25)30-22-16(13-27-33(21)22)23(34)29-17-5-6-19(17)36-2/h3-4,9,12-13,15,17,19,26H,5-8,10-11,14H2,1-2H3,(H,28,30)(H,29,34)/t15-,17+,19+/m1/s1. The highest BCUT2D eigenvalue weighted by Gasteiger charge is 2.33. The second-order valence-electron chi connectivity index (χ2n) is 9.19. The van der Waals surface area contributed by atoms with Crippen LogP contribution in [-0.2, 0) is 4.74 Å². The smallest absolute Gasteiger partial charge is 0.274 e. The molecule has 0 bridgehead atoms.